The van der Waals surface area contributed by atoms with Gasteiger partial charge in [0.05, 0.1) is 13.1 Å². The molecule has 0 saturated carbocycles. The summed E-state index contributed by atoms with van der Waals surface area (Å²) in [6, 6.07) is 8.39. The number of fused-ring (bicyclic) bond motifs is 1. The maximum atomic E-state index is 4.44. The minimum Gasteiger partial charge on any atom is -1.00 e. The Kier molecular flexibility index (Phi) is 3.45. The Morgan fingerprint density at radius 2 is 1.79 bits per heavy atom. The van der Waals surface area contributed by atoms with E-state index in [-0.39, 0.29) is 17.0 Å². The lowest BCUT2D eigenvalue weighted by atomic mass is 10.2. The zero-order valence-corrected chi connectivity index (χ0v) is 10.2. The molecule has 0 amide bonds. The fourth-order valence-electron chi connectivity index (χ4n) is 1.91. The van der Waals surface area contributed by atoms with Gasteiger partial charge in [0.2, 0.25) is 0 Å². The molecule has 3 heteroatoms. The molecule has 1 aromatic rings. The van der Waals surface area contributed by atoms with E-state index in [0.29, 0.717) is 0 Å². The predicted molar refractivity (Wildman–Crippen MR) is 57.5 cm³/mol. The van der Waals surface area contributed by atoms with Crippen LogP contribution in [-0.4, -0.2) is 19.4 Å². The van der Waals surface area contributed by atoms with Crippen LogP contribution in [0.25, 0.3) is 0 Å². The zero-order valence-electron chi connectivity index (χ0n) is 8.57. The van der Waals surface area contributed by atoms with E-state index in [2.05, 4.69) is 43.4 Å². The van der Waals surface area contributed by atoms with Gasteiger partial charge < -0.3 is 17.0 Å². The normalized spacial score (nSPS) is 16.1. The lowest BCUT2D eigenvalue weighted by Gasteiger charge is -2.27. The van der Waals surface area contributed by atoms with E-state index in [1.165, 1.54) is 5.69 Å². The highest BCUT2D eigenvalue weighted by Crippen LogP contribution is 2.36. The molecular weight excluding hydrogens is 240 g/mol. The second-order valence-electron chi connectivity index (χ2n) is 3.40. The Bertz CT molecular complexity index is 343. The van der Waals surface area contributed by atoms with Gasteiger partial charge in [0, 0.05) is 6.07 Å². The van der Waals surface area contributed by atoms with Crippen LogP contribution in [0.5, 0.6) is 0 Å². The van der Waals surface area contributed by atoms with E-state index in [0.717, 1.165) is 23.3 Å². The van der Waals surface area contributed by atoms with Crippen LogP contribution in [0.15, 0.2) is 29.3 Å². The third-order valence-corrected chi connectivity index (χ3v) is 2.91. The van der Waals surface area contributed by atoms with Crippen LogP contribution in [0.2, 0.25) is 0 Å². The average Bonchev–Trinajstić information content (AvgIpc) is 2.58. The van der Waals surface area contributed by atoms with E-state index in [1.807, 2.05) is 6.07 Å². The van der Waals surface area contributed by atoms with Crippen molar-refractivity contribution in [1.82, 2.24) is 4.48 Å². The molecular formula is C11H15BrN2. The Hall–Kier alpha value is -0.670. The van der Waals surface area contributed by atoms with Crippen molar-refractivity contribution >= 4 is 17.7 Å². The predicted octanol–water partition coefficient (Wildman–Crippen LogP) is -0.289. The monoisotopic (exact) mass is 254 g/mol. The Morgan fingerprint density at radius 1 is 1.14 bits per heavy atom. The van der Waals surface area contributed by atoms with Crippen LogP contribution in [0.3, 0.4) is 0 Å². The van der Waals surface area contributed by atoms with E-state index in [4.69, 9.17) is 0 Å². The first-order valence-electron chi connectivity index (χ1n) is 4.84. The summed E-state index contributed by atoms with van der Waals surface area (Å²) in [6.07, 6.45) is 2.06. The molecule has 1 aromatic carbocycles. The molecule has 1 heterocycles. The van der Waals surface area contributed by atoms with Crippen LogP contribution < -0.4 is 21.5 Å². The van der Waals surface area contributed by atoms with Crippen molar-refractivity contribution in [2.75, 3.05) is 13.1 Å². The van der Waals surface area contributed by atoms with Crippen LogP contribution in [-0.2, 0) is 0 Å². The quantitative estimate of drug-likeness (QED) is 0.644. The first-order valence-corrected chi connectivity index (χ1v) is 4.84. The van der Waals surface area contributed by atoms with Gasteiger partial charge in [-0.25, -0.2) is 4.48 Å². The lowest BCUT2D eigenvalue weighted by molar-refractivity contribution is -0.00000271. The van der Waals surface area contributed by atoms with Crippen LogP contribution in [0.1, 0.15) is 13.8 Å². The van der Waals surface area contributed by atoms with Gasteiger partial charge in [0.1, 0.15) is 5.69 Å². The van der Waals surface area contributed by atoms with Crippen molar-refractivity contribution in [2.45, 2.75) is 13.8 Å². The summed E-state index contributed by atoms with van der Waals surface area (Å²) in [5.41, 5.74) is 2.47. The van der Waals surface area contributed by atoms with Gasteiger partial charge in [-0.05, 0) is 19.9 Å². The number of nitrogens with zero attached hydrogens (tertiary/aromatic N) is 2. The van der Waals surface area contributed by atoms with Crippen molar-refractivity contribution in [2.24, 2.45) is 4.99 Å². The summed E-state index contributed by atoms with van der Waals surface area (Å²) >= 11 is 0. The summed E-state index contributed by atoms with van der Waals surface area (Å²) in [6.45, 7) is 6.57. The van der Waals surface area contributed by atoms with Gasteiger partial charge in [0.25, 0.3) is 0 Å². The number of hydrogen-bond donors (Lipinski definition) is 0. The first kappa shape index (κ1) is 11.4. The van der Waals surface area contributed by atoms with Gasteiger partial charge >= 0.3 is 0 Å². The zero-order chi connectivity index (χ0) is 9.31. The molecule has 0 saturated heterocycles. The number of halogens is 1. The summed E-state index contributed by atoms with van der Waals surface area (Å²) in [4.78, 5) is 4.44. The van der Waals surface area contributed by atoms with Crippen molar-refractivity contribution in [3.05, 3.63) is 24.3 Å². The van der Waals surface area contributed by atoms with Gasteiger partial charge in [-0.1, -0.05) is 12.1 Å². The van der Waals surface area contributed by atoms with Gasteiger partial charge in [-0.15, -0.1) is 0 Å². The molecule has 0 spiro atoms. The van der Waals surface area contributed by atoms with Gasteiger partial charge in [-0.2, -0.15) is 4.99 Å². The average molecular weight is 255 g/mol. The van der Waals surface area contributed by atoms with E-state index >= 15 is 0 Å². The van der Waals surface area contributed by atoms with Crippen LogP contribution >= 0.6 is 0 Å². The molecule has 76 valence electrons. The van der Waals surface area contributed by atoms with Crippen molar-refractivity contribution < 1.29 is 17.0 Å². The molecule has 14 heavy (non-hydrogen) atoms. The highest BCUT2D eigenvalue weighted by atomic mass is 79.9. The van der Waals surface area contributed by atoms with Gasteiger partial charge in [0.15, 0.2) is 12.0 Å². The largest absolute Gasteiger partial charge is 1.00 e. The molecule has 0 unspecified atom stereocenters. The summed E-state index contributed by atoms with van der Waals surface area (Å²) in [5, 5.41) is 0. The Labute approximate surface area is 95.6 Å². The topological polar surface area (TPSA) is 12.4 Å². The second kappa shape index (κ2) is 4.24. The number of rotatable bonds is 2. The fourth-order valence-corrected chi connectivity index (χ4v) is 1.91. The van der Waals surface area contributed by atoms with Crippen molar-refractivity contribution in [3.63, 3.8) is 0 Å². The highest BCUT2D eigenvalue weighted by molar-refractivity contribution is 5.88. The van der Waals surface area contributed by atoms with E-state index in [1.54, 1.807) is 0 Å². The van der Waals surface area contributed by atoms with Crippen molar-refractivity contribution in [3.8, 4) is 0 Å². The fraction of sp³-hybridized carbons (Fsp3) is 0.364. The van der Waals surface area contributed by atoms with E-state index in [9.17, 15) is 0 Å². The highest BCUT2D eigenvalue weighted by Gasteiger charge is 2.32. The molecule has 0 aromatic heterocycles. The number of hydrogen-bond acceptors (Lipinski definition) is 1. The number of benzene rings is 1. The molecule has 1 aliphatic heterocycles. The minimum atomic E-state index is 0. The van der Waals surface area contributed by atoms with Crippen LogP contribution in [0.4, 0.5) is 11.4 Å². The molecule has 0 radical (unpaired) electrons. The molecule has 0 N–H and O–H groups in total. The standard InChI is InChI=1S/C11H15N2.BrH/c1-3-13(4-2)9-12-10-7-5-6-8-11(10)13;/h5-9H,3-4H2,1-2H3;1H/q+1;/p-1. The molecule has 0 atom stereocenters. The molecule has 0 aliphatic carbocycles. The number of para-hydroxylation sites is 2. The maximum Gasteiger partial charge on any atom is 0.195 e. The first-order chi connectivity index (χ1) is 6.32. The number of aliphatic imine (C=N–C) groups is 1. The summed E-state index contributed by atoms with van der Waals surface area (Å²) in [7, 11) is 0. The van der Waals surface area contributed by atoms with E-state index < -0.39 is 0 Å². The van der Waals surface area contributed by atoms with Gasteiger partial charge in [-0.3, -0.25) is 0 Å². The Balaban J connectivity index is 0.000000980. The third-order valence-electron chi connectivity index (χ3n) is 2.91. The summed E-state index contributed by atoms with van der Waals surface area (Å²) in [5.74, 6) is 0. The summed E-state index contributed by atoms with van der Waals surface area (Å²) < 4.78 is 0.899. The molecule has 0 fully saturated rings. The molecule has 0 bridgehead atoms. The SMILES string of the molecule is CC[N+]1(CC)C=Nc2ccccc21.[Br-]. The number of quaternary nitrogens is 1. The van der Waals surface area contributed by atoms with Crippen molar-refractivity contribution in [1.29, 1.82) is 0 Å². The third kappa shape index (κ3) is 1.51. The molecule has 2 nitrogen and oxygen atoms in total. The smallest absolute Gasteiger partial charge is 0.195 e. The maximum absolute atomic E-state index is 4.44. The minimum absolute atomic E-state index is 0. The lowest BCUT2D eigenvalue weighted by Crippen LogP contribution is -3.00. The molecule has 2 rings (SSSR count). The second-order valence-corrected chi connectivity index (χ2v) is 3.40. The molecule has 1 aliphatic rings. The van der Waals surface area contributed by atoms with Crippen LogP contribution in [0, 0.1) is 0 Å². The Morgan fingerprint density at radius 3 is 2.43 bits per heavy atom.